The van der Waals surface area contributed by atoms with Gasteiger partial charge in [-0.15, -0.1) is 0 Å². The average molecular weight is 412 g/mol. The summed E-state index contributed by atoms with van der Waals surface area (Å²) in [6, 6.07) is 6.77. The number of hydrogen-bond acceptors (Lipinski definition) is 4. The number of fused-ring (bicyclic) bond motifs is 1. The van der Waals surface area contributed by atoms with Crippen molar-refractivity contribution in [2.45, 2.75) is 69.5 Å². The average Bonchev–Trinajstić information content (AvgIpc) is 3.17. The van der Waals surface area contributed by atoms with E-state index in [2.05, 4.69) is 5.32 Å². The highest BCUT2D eigenvalue weighted by atomic mass is 16.2. The Morgan fingerprint density at radius 1 is 1.10 bits per heavy atom. The fraction of sp³-hybridized carbons (Fsp3) is 0.609. The van der Waals surface area contributed by atoms with Gasteiger partial charge in [-0.05, 0) is 68.8 Å². The molecule has 30 heavy (non-hydrogen) atoms. The number of carbonyl (C=O) groups excluding carboxylic acids is 2. The summed E-state index contributed by atoms with van der Waals surface area (Å²) in [4.78, 5) is 30.7. The van der Waals surface area contributed by atoms with Gasteiger partial charge in [-0.25, -0.2) is 0 Å². The van der Waals surface area contributed by atoms with E-state index >= 15 is 0 Å². The van der Waals surface area contributed by atoms with Gasteiger partial charge in [-0.1, -0.05) is 19.3 Å². The van der Waals surface area contributed by atoms with Crippen LogP contribution in [0.5, 0.6) is 0 Å². The summed E-state index contributed by atoms with van der Waals surface area (Å²) in [5.41, 5.74) is 6.93. The SMILES string of the molecule is CN(C(=O)C1CC2CCCCC2N1C(=O)[C@H]1CCCCN1)c1ccc(C(=N)N)cc1. The molecule has 1 aromatic carbocycles. The van der Waals surface area contributed by atoms with Gasteiger partial charge in [-0.2, -0.15) is 0 Å². The summed E-state index contributed by atoms with van der Waals surface area (Å²) in [5, 5.41) is 10.9. The molecule has 0 radical (unpaired) electrons. The summed E-state index contributed by atoms with van der Waals surface area (Å²) in [7, 11) is 1.77. The van der Waals surface area contributed by atoms with Crippen LogP contribution in [0.2, 0.25) is 0 Å². The van der Waals surface area contributed by atoms with Crippen LogP contribution in [0.4, 0.5) is 5.69 Å². The van der Waals surface area contributed by atoms with Gasteiger partial charge in [0.1, 0.15) is 11.9 Å². The van der Waals surface area contributed by atoms with E-state index in [9.17, 15) is 9.59 Å². The van der Waals surface area contributed by atoms with Crippen LogP contribution in [0.25, 0.3) is 0 Å². The molecule has 3 fully saturated rings. The summed E-state index contributed by atoms with van der Waals surface area (Å²) in [6.45, 7) is 0.874. The number of carbonyl (C=O) groups is 2. The minimum atomic E-state index is -0.396. The highest BCUT2D eigenvalue weighted by Crippen LogP contribution is 2.41. The Morgan fingerprint density at radius 3 is 2.47 bits per heavy atom. The largest absolute Gasteiger partial charge is 0.384 e. The third kappa shape index (κ3) is 3.95. The maximum absolute atomic E-state index is 13.6. The zero-order valence-electron chi connectivity index (χ0n) is 17.8. The number of amidine groups is 1. The molecule has 3 aliphatic rings. The number of piperidine rings is 1. The molecule has 2 amide bonds. The van der Waals surface area contributed by atoms with Crippen molar-refractivity contribution in [1.29, 1.82) is 5.41 Å². The molecule has 1 aliphatic carbocycles. The molecule has 2 saturated heterocycles. The quantitative estimate of drug-likeness (QED) is 0.522. The third-order valence-corrected chi connectivity index (χ3v) is 7.13. The molecule has 162 valence electrons. The van der Waals surface area contributed by atoms with Crippen LogP contribution in [-0.4, -0.2) is 54.3 Å². The molecule has 2 heterocycles. The summed E-state index contributed by atoms with van der Waals surface area (Å²) < 4.78 is 0. The lowest BCUT2D eigenvalue weighted by molar-refractivity contribution is -0.142. The predicted octanol–water partition coefficient (Wildman–Crippen LogP) is 2.24. The van der Waals surface area contributed by atoms with Crippen LogP contribution in [-0.2, 0) is 9.59 Å². The zero-order valence-corrected chi connectivity index (χ0v) is 17.8. The van der Waals surface area contributed by atoms with E-state index in [0.29, 0.717) is 11.5 Å². The molecule has 1 saturated carbocycles. The van der Waals surface area contributed by atoms with E-state index in [1.807, 2.05) is 17.0 Å². The first kappa shape index (κ1) is 20.8. The Balaban J connectivity index is 1.56. The van der Waals surface area contributed by atoms with Crippen molar-refractivity contribution in [2.24, 2.45) is 11.7 Å². The van der Waals surface area contributed by atoms with Gasteiger partial charge in [0.25, 0.3) is 0 Å². The molecule has 0 bridgehead atoms. The standard InChI is InChI=1S/C23H33N5O2/c1-27(17-11-9-15(10-12-17)21(24)25)23(30)20-14-16-6-2-3-8-19(16)28(20)22(29)18-7-4-5-13-26-18/h9-12,16,18-20,26H,2-8,13-14H2,1H3,(H3,24,25)/t16?,18-,19?,20?/m1/s1. The number of likely N-dealkylation sites (tertiary alicyclic amines) is 1. The number of nitrogens with zero attached hydrogens (tertiary/aromatic N) is 2. The summed E-state index contributed by atoms with van der Waals surface area (Å²) in [6.07, 6.45) is 8.22. The lowest BCUT2D eigenvalue weighted by atomic mass is 9.84. The molecule has 3 unspecified atom stereocenters. The van der Waals surface area contributed by atoms with Crippen LogP contribution in [0.3, 0.4) is 0 Å². The first-order chi connectivity index (χ1) is 14.5. The number of rotatable bonds is 4. The van der Waals surface area contributed by atoms with Crippen molar-refractivity contribution < 1.29 is 9.59 Å². The van der Waals surface area contributed by atoms with E-state index in [0.717, 1.165) is 57.2 Å². The molecular formula is C23H33N5O2. The molecule has 1 aromatic rings. The third-order valence-electron chi connectivity index (χ3n) is 7.13. The van der Waals surface area contributed by atoms with Crippen LogP contribution >= 0.6 is 0 Å². The summed E-state index contributed by atoms with van der Waals surface area (Å²) in [5.74, 6) is 0.521. The van der Waals surface area contributed by atoms with Gasteiger partial charge in [0.2, 0.25) is 11.8 Å². The second-order valence-electron chi connectivity index (χ2n) is 8.97. The zero-order chi connectivity index (χ0) is 21.3. The van der Waals surface area contributed by atoms with Gasteiger partial charge < -0.3 is 20.9 Å². The van der Waals surface area contributed by atoms with E-state index in [1.165, 1.54) is 6.42 Å². The van der Waals surface area contributed by atoms with Crippen molar-refractivity contribution in [2.75, 3.05) is 18.5 Å². The molecule has 7 nitrogen and oxygen atoms in total. The lowest BCUT2D eigenvalue weighted by Gasteiger charge is -2.37. The second-order valence-corrected chi connectivity index (χ2v) is 8.97. The van der Waals surface area contributed by atoms with E-state index in [1.54, 1.807) is 24.1 Å². The van der Waals surface area contributed by atoms with Crippen molar-refractivity contribution in [1.82, 2.24) is 10.2 Å². The maximum atomic E-state index is 13.6. The van der Waals surface area contributed by atoms with Gasteiger partial charge in [0.05, 0.1) is 6.04 Å². The molecule has 4 rings (SSSR count). The number of amides is 2. The Morgan fingerprint density at radius 2 is 1.80 bits per heavy atom. The number of anilines is 1. The van der Waals surface area contributed by atoms with Crippen molar-refractivity contribution >= 4 is 23.3 Å². The number of nitrogens with two attached hydrogens (primary N) is 1. The number of nitrogen functional groups attached to an aromatic ring is 1. The first-order valence-electron chi connectivity index (χ1n) is 11.2. The van der Waals surface area contributed by atoms with E-state index in [-0.39, 0.29) is 29.7 Å². The van der Waals surface area contributed by atoms with Crippen LogP contribution in [0.15, 0.2) is 24.3 Å². The molecule has 2 aliphatic heterocycles. The molecule has 0 spiro atoms. The van der Waals surface area contributed by atoms with Gasteiger partial charge in [0, 0.05) is 24.3 Å². The molecule has 0 aromatic heterocycles. The second kappa shape index (κ2) is 8.76. The highest BCUT2D eigenvalue weighted by Gasteiger charge is 2.49. The Bertz CT molecular complexity index is 802. The molecule has 4 N–H and O–H groups in total. The molecule has 7 heteroatoms. The minimum absolute atomic E-state index is 0.00662. The Hall–Kier alpha value is -2.41. The van der Waals surface area contributed by atoms with Crippen LogP contribution < -0.4 is 16.0 Å². The Kier molecular flexibility index (Phi) is 6.09. The summed E-state index contributed by atoms with van der Waals surface area (Å²) >= 11 is 0. The highest BCUT2D eigenvalue weighted by molar-refractivity contribution is 6.00. The number of nitrogens with one attached hydrogen (secondary N) is 2. The maximum Gasteiger partial charge on any atom is 0.249 e. The monoisotopic (exact) mass is 411 g/mol. The van der Waals surface area contributed by atoms with Crippen LogP contribution in [0.1, 0.15) is 56.9 Å². The normalized spacial score (nSPS) is 28.6. The van der Waals surface area contributed by atoms with E-state index in [4.69, 9.17) is 11.1 Å². The minimum Gasteiger partial charge on any atom is -0.384 e. The van der Waals surface area contributed by atoms with Crippen molar-refractivity contribution in [3.8, 4) is 0 Å². The predicted molar refractivity (Wildman–Crippen MR) is 118 cm³/mol. The topological polar surface area (TPSA) is 103 Å². The fourth-order valence-corrected chi connectivity index (χ4v) is 5.46. The van der Waals surface area contributed by atoms with Crippen molar-refractivity contribution in [3.63, 3.8) is 0 Å². The Labute approximate surface area is 178 Å². The van der Waals surface area contributed by atoms with Gasteiger partial charge in [0.15, 0.2) is 0 Å². The number of hydrogen-bond donors (Lipinski definition) is 3. The first-order valence-corrected chi connectivity index (χ1v) is 11.2. The fourth-order valence-electron chi connectivity index (χ4n) is 5.46. The van der Waals surface area contributed by atoms with Crippen molar-refractivity contribution in [3.05, 3.63) is 29.8 Å². The lowest BCUT2D eigenvalue weighted by Crippen LogP contribution is -2.56. The number of likely N-dealkylation sites (N-methyl/N-ethyl adjacent to an activating group) is 1. The molecule has 4 atom stereocenters. The van der Waals surface area contributed by atoms with Gasteiger partial charge in [-0.3, -0.25) is 15.0 Å². The molecular weight excluding hydrogens is 378 g/mol. The number of benzene rings is 1. The van der Waals surface area contributed by atoms with E-state index < -0.39 is 6.04 Å². The smallest absolute Gasteiger partial charge is 0.249 e. The van der Waals surface area contributed by atoms with Crippen LogP contribution in [0, 0.1) is 11.3 Å². The van der Waals surface area contributed by atoms with Gasteiger partial charge >= 0.3 is 0 Å².